The van der Waals surface area contributed by atoms with Crippen molar-refractivity contribution in [1.29, 1.82) is 0 Å². The summed E-state index contributed by atoms with van der Waals surface area (Å²) in [5.74, 6) is 1.39. The smallest absolute Gasteiger partial charge is 0.408 e. The number of amides is 1. The molecule has 236 valence electrons. The fourth-order valence-corrected chi connectivity index (χ4v) is 5.16. The first-order valence-corrected chi connectivity index (χ1v) is 14.4. The van der Waals surface area contributed by atoms with Crippen molar-refractivity contribution in [1.82, 2.24) is 34.8 Å². The number of piperidine rings is 1. The van der Waals surface area contributed by atoms with Crippen molar-refractivity contribution < 1.29 is 22.7 Å². The van der Waals surface area contributed by atoms with Crippen LogP contribution in [0.15, 0.2) is 36.8 Å². The van der Waals surface area contributed by atoms with Crippen LogP contribution in [0, 0.1) is 0 Å². The van der Waals surface area contributed by atoms with Crippen LogP contribution in [0.25, 0.3) is 22.2 Å². The summed E-state index contributed by atoms with van der Waals surface area (Å²) >= 11 is 0. The second-order valence-corrected chi connectivity index (χ2v) is 12.2. The molecule has 1 saturated heterocycles. The lowest BCUT2D eigenvalue weighted by molar-refractivity contribution is -0.142. The third-order valence-corrected chi connectivity index (χ3v) is 6.98. The number of nitrogens with one attached hydrogen (secondary N) is 2. The second-order valence-electron chi connectivity index (χ2n) is 12.2. The van der Waals surface area contributed by atoms with E-state index in [9.17, 15) is 18.0 Å². The van der Waals surface area contributed by atoms with Gasteiger partial charge in [0.2, 0.25) is 0 Å². The van der Waals surface area contributed by atoms with Crippen LogP contribution < -0.4 is 21.3 Å². The highest BCUT2D eigenvalue weighted by molar-refractivity contribution is 5.88. The van der Waals surface area contributed by atoms with E-state index >= 15 is 0 Å². The van der Waals surface area contributed by atoms with Crippen LogP contribution in [0.5, 0.6) is 0 Å². The first-order valence-electron chi connectivity index (χ1n) is 14.4. The van der Waals surface area contributed by atoms with Crippen LogP contribution in [0.4, 0.5) is 41.1 Å². The number of nitrogen functional groups attached to an aromatic ring is 1. The van der Waals surface area contributed by atoms with Crippen molar-refractivity contribution >= 4 is 40.3 Å². The first-order chi connectivity index (χ1) is 20.6. The minimum Gasteiger partial charge on any atom is -0.444 e. The molecule has 12 nitrogen and oxygen atoms in total. The minimum atomic E-state index is -4.41. The summed E-state index contributed by atoms with van der Waals surface area (Å²) in [6.45, 7) is 9.30. The molecule has 1 amide bonds. The van der Waals surface area contributed by atoms with E-state index in [0.717, 1.165) is 28.6 Å². The number of carbonyl (C=O) groups is 1. The molecule has 5 rings (SSSR count). The molecule has 0 spiro atoms. The number of fused-ring (bicyclic) bond motifs is 1. The Kier molecular flexibility index (Phi) is 8.32. The number of aromatic nitrogens is 6. The largest absolute Gasteiger partial charge is 0.444 e. The maximum atomic E-state index is 13.0. The highest BCUT2D eigenvalue weighted by Gasteiger charge is 2.30. The van der Waals surface area contributed by atoms with E-state index in [4.69, 9.17) is 15.5 Å². The number of halogens is 3. The Morgan fingerprint density at radius 1 is 1.18 bits per heavy atom. The summed E-state index contributed by atoms with van der Waals surface area (Å²) in [4.78, 5) is 23.9. The van der Waals surface area contributed by atoms with Crippen LogP contribution >= 0.6 is 0 Å². The molecule has 0 radical (unpaired) electrons. The summed E-state index contributed by atoms with van der Waals surface area (Å²) in [7, 11) is 0. The summed E-state index contributed by atoms with van der Waals surface area (Å²) in [5.41, 5.74) is 7.90. The molecule has 0 aromatic carbocycles. The Morgan fingerprint density at radius 2 is 1.95 bits per heavy atom. The highest BCUT2D eigenvalue weighted by Crippen LogP contribution is 2.35. The van der Waals surface area contributed by atoms with Crippen LogP contribution in [0.3, 0.4) is 0 Å². The number of hydrogen-bond acceptors (Lipinski definition) is 9. The molecule has 0 unspecified atom stereocenters. The number of anilines is 4. The Hall–Kier alpha value is -4.56. The lowest BCUT2D eigenvalue weighted by Gasteiger charge is -2.36. The second kappa shape index (κ2) is 11.8. The number of hydrogen-bond donors (Lipinski definition) is 3. The van der Waals surface area contributed by atoms with Gasteiger partial charge in [0, 0.05) is 54.8 Å². The van der Waals surface area contributed by atoms with Crippen LogP contribution in [-0.4, -0.2) is 66.5 Å². The molecule has 1 atom stereocenters. The number of nitrogens with zero attached hydrogens (tertiary/aromatic N) is 7. The lowest BCUT2D eigenvalue weighted by Crippen LogP contribution is -2.49. The molecule has 4 aromatic heterocycles. The molecular weight excluding hydrogens is 577 g/mol. The van der Waals surface area contributed by atoms with E-state index in [1.54, 1.807) is 37.7 Å². The summed E-state index contributed by atoms with van der Waals surface area (Å²) in [5, 5.41) is 15.3. The fourth-order valence-electron chi connectivity index (χ4n) is 5.16. The van der Waals surface area contributed by atoms with Crippen LogP contribution in [-0.2, 0) is 11.3 Å². The molecule has 5 heterocycles. The van der Waals surface area contributed by atoms with Gasteiger partial charge in [-0.1, -0.05) is 0 Å². The Morgan fingerprint density at radius 3 is 2.66 bits per heavy atom. The van der Waals surface area contributed by atoms with Gasteiger partial charge in [-0.15, -0.1) is 0 Å². The van der Waals surface area contributed by atoms with Gasteiger partial charge < -0.3 is 26.0 Å². The van der Waals surface area contributed by atoms with Gasteiger partial charge in [-0.25, -0.2) is 19.4 Å². The Bertz CT molecular complexity index is 1640. The van der Waals surface area contributed by atoms with E-state index in [1.165, 1.54) is 12.4 Å². The van der Waals surface area contributed by atoms with Gasteiger partial charge in [0.25, 0.3) is 0 Å². The molecule has 44 heavy (non-hydrogen) atoms. The van der Waals surface area contributed by atoms with E-state index in [1.807, 2.05) is 26.0 Å². The van der Waals surface area contributed by atoms with Crippen LogP contribution in [0.2, 0.25) is 0 Å². The molecule has 1 fully saturated rings. The van der Waals surface area contributed by atoms with E-state index in [-0.39, 0.29) is 12.1 Å². The third kappa shape index (κ3) is 7.32. The summed E-state index contributed by atoms with van der Waals surface area (Å²) < 4.78 is 47.2. The number of rotatable bonds is 7. The third-order valence-electron chi connectivity index (χ3n) is 6.98. The fraction of sp³-hybridized carbons (Fsp3) is 0.483. The van der Waals surface area contributed by atoms with Gasteiger partial charge in [0.1, 0.15) is 23.8 Å². The zero-order valence-electron chi connectivity index (χ0n) is 25.3. The van der Waals surface area contributed by atoms with Gasteiger partial charge in [0.15, 0.2) is 11.5 Å². The average molecular weight is 615 g/mol. The molecule has 1 aliphatic heterocycles. The highest BCUT2D eigenvalue weighted by atomic mass is 19.4. The number of ether oxygens (including phenoxy) is 1. The van der Waals surface area contributed by atoms with Gasteiger partial charge in [-0.3, -0.25) is 4.68 Å². The monoisotopic (exact) mass is 614 g/mol. The number of alkyl halides is 3. The van der Waals surface area contributed by atoms with Crippen molar-refractivity contribution in [3.8, 4) is 11.1 Å². The van der Waals surface area contributed by atoms with Gasteiger partial charge in [-0.2, -0.15) is 23.4 Å². The van der Waals surface area contributed by atoms with Crippen molar-refractivity contribution in [2.24, 2.45) is 0 Å². The first kappa shape index (κ1) is 30.9. The topological polar surface area (TPSA) is 141 Å². The maximum absolute atomic E-state index is 13.0. The SMILES string of the molecule is CC(C)n1nc(N)c2ccc(Nc3cc(N4CCC[C@H](NC(=O)OC(C)(C)C)C4)c(-c4cnn(CC(F)(F)F)c4)cn3)nc21. The quantitative estimate of drug-likeness (QED) is 0.241. The van der Waals surface area contributed by atoms with Gasteiger partial charge >= 0.3 is 12.3 Å². The zero-order valence-corrected chi connectivity index (χ0v) is 25.3. The summed E-state index contributed by atoms with van der Waals surface area (Å²) in [6.07, 6.45) is 0.972. The normalized spacial score (nSPS) is 16.0. The van der Waals surface area contributed by atoms with E-state index in [0.29, 0.717) is 47.3 Å². The molecule has 15 heteroatoms. The predicted molar refractivity (Wildman–Crippen MR) is 162 cm³/mol. The zero-order chi connectivity index (χ0) is 31.8. The van der Waals surface area contributed by atoms with Gasteiger partial charge in [-0.05, 0) is 59.6 Å². The Balaban J connectivity index is 1.47. The molecule has 0 saturated carbocycles. The minimum absolute atomic E-state index is 0.0427. The Labute approximate surface area is 252 Å². The average Bonchev–Trinajstić information content (AvgIpc) is 3.50. The van der Waals surface area contributed by atoms with E-state index < -0.39 is 24.4 Å². The summed E-state index contributed by atoms with van der Waals surface area (Å²) in [6, 6.07) is 5.29. The number of nitrogens with two attached hydrogens (primary N) is 1. The molecular formula is C29H37F3N10O2. The number of alkyl carbamates (subject to hydrolysis) is 1. The lowest BCUT2D eigenvalue weighted by atomic mass is 10.0. The van der Waals surface area contributed by atoms with Crippen molar-refractivity contribution in [3.63, 3.8) is 0 Å². The van der Waals surface area contributed by atoms with Crippen LogP contribution in [0.1, 0.15) is 53.5 Å². The molecule has 4 N–H and O–H groups in total. The number of pyridine rings is 2. The van der Waals surface area contributed by atoms with E-state index in [2.05, 4.69) is 30.7 Å². The maximum Gasteiger partial charge on any atom is 0.408 e. The predicted octanol–water partition coefficient (Wildman–Crippen LogP) is 5.65. The van der Waals surface area contributed by atoms with Gasteiger partial charge in [0.05, 0.1) is 17.3 Å². The standard InChI is InChI=1S/C29H37F3N10O2/c1-17(2)42-26-20(25(33)39-42)8-9-23(38-26)37-24-11-22(21(13-34-24)18-12-35-41(14-18)16-29(30,31)32)40-10-6-7-19(15-40)36-27(43)44-28(3,4)5/h8-9,11-14,17,19H,6-7,10,15-16H2,1-5H3,(H2,33,39)(H,36,43)(H,34,37,38)/t19-/m0/s1. The molecule has 0 bridgehead atoms. The molecule has 1 aliphatic rings. The molecule has 4 aromatic rings. The van der Waals surface area contributed by atoms with Crippen molar-refractivity contribution in [2.45, 2.75) is 77.9 Å². The van der Waals surface area contributed by atoms with Crippen molar-refractivity contribution in [2.75, 3.05) is 29.0 Å². The number of carbonyl (C=O) groups excluding carboxylic acids is 1. The van der Waals surface area contributed by atoms with Crippen molar-refractivity contribution in [3.05, 3.63) is 36.8 Å². The molecule has 0 aliphatic carbocycles.